The van der Waals surface area contributed by atoms with Crippen molar-refractivity contribution in [1.29, 1.82) is 0 Å². The molecule has 0 amide bonds. The molecule has 0 fully saturated rings. The molecule has 1 N–H and O–H groups in total. The molecule has 0 aliphatic rings. The smallest absolute Gasteiger partial charge is 0.345 e. The third-order valence-corrected chi connectivity index (χ3v) is 5.36. The van der Waals surface area contributed by atoms with Crippen LogP contribution >= 0.6 is 34.4 Å². The molecule has 5 heteroatoms. The molecular formula is C11H10O2S3. The van der Waals surface area contributed by atoms with E-state index < -0.39 is 5.97 Å². The predicted molar refractivity (Wildman–Crippen MR) is 69.9 cm³/mol. The Kier molecular flexibility index (Phi) is 3.68. The molecule has 2 aromatic rings. The Balaban J connectivity index is 2.07. The van der Waals surface area contributed by atoms with Gasteiger partial charge in [-0.1, -0.05) is 6.07 Å². The van der Waals surface area contributed by atoms with E-state index in [4.69, 9.17) is 5.11 Å². The van der Waals surface area contributed by atoms with Crippen LogP contribution in [-0.4, -0.2) is 11.1 Å². The highest BCUT2D eigenvalue weighted by atomic mass is 32.2. The van der Waals surface area contributed by atoms with E-state index in [9.17, 15) is 4.79 Å². The van der Waals surface area contributed by atoms with Crippen molar-refractivity contribution in [3.05, 3.63) is 38.9 Å². The molecule has 16 heavy (non-hydrogen) atoms. The molecule has 0 saturated heterocycles. The Labute approximate surface area is 106 Å². The normalized spacial score (nSPS) is 10.6. The fourth-order valence-corrected chi connectivity index (χ4v) is 4.07. The summed E-state index contributed by atoms with van der Waals surface area (Å²) in [5.74, 6) is 0.0105. The van der Waals surface area contributed by atoms with Crippen LogP contribution in [0.1, 0.15) is 20.1 Å². The highest BCUT2D eigenvalue weighted by Crippen LogP contribution is 2.31. The van der Waals surface area contributed by atoms with E-state index in [1.54, 1.807) is 29.2 Å². The van der Waals surface area contributed by atoms with Gasteiger partial charge in [0.2, 0.25) is 0 Å². The van der Waals surface area contributed by atoms with E-state index in [1.165, 1.54) is 15.5 Å². The second kappa shape index (κ2) is 5.03. The number of thioether (sulfide) groups is 1. The van der Waals surface area contributed by atoms with E-state index >= 15 is 0 Å². The lowest BCUT2D eigenvalue weighted by atomic mass is 10.3. The molecule has 2 nitrogen and oxygen atoms in total. The molecule has 2 aromatic heterocycles. The van der Waals surface area contributed by atoms with Gasteiger partial charge in [-0.15, -0.1) is 34.4 Å². The zero-order valence-electron chi connectivity index (χ0n) is 8.60. The van der Waals surface area contributed by atoms with Crippen molar-refractivity contribution in [2.75, 3.05) is 0 Å². The zero-order valence-corrected chi connectivity index (χ0v) is 11.0. The number of carbonyl (C=O) groups is 1. The summed E-state index contributed by atoms with van der Waals surface area (Å²) in [5.41, 5.74) is 1.13. The van der Waals surface area contributed by atoms with E-state index in [0.29, 0.717) is 4.88 Å². The third kappa shape index (κ3) is 2.66. The lowest BCUT2D eigenvalue weighted by molar-refractivity contribution is 0.0702. The van der Waals surface area contributed by atoms with Gasteiger partial charge in [-0.2, -0.15) is 0 Å². The molecule has 0 spiro atoms. The first-order valence-corrected chi connectivity index (χ1v) is 7.34. The molecular weight excluding hydrogens is 260 g/mol. The van der Waals surface area contributed by atoms with Crippen LogP contribution in [0.5, 0.6) is 0 Å². The molecule has 0 aliphatic carbocycles. The van der Waals surface area contributed by atoms with Crippen LogP contribution in [-0.2, 0) is 5.75 Å². The Bertz CT molecular complexity index is 485. The summed E-state index contributed by atoms with van der Waals surface area (Å²) < 4.78 is 1.27. The monoisotopic (exact) mass is 270 g/mol. The van der Waals surface area contributed by atoms with Crippen LogP contribution in [0.2, 0.25) is 0 Å². The van der Waals surface area contributed by atoms with Gasteiger partial charge >= 0.3 is 5.97 Å². The van der Waals surface area contributed by atoms with E-state index in [-0.39, 0.29) is 0 Å². The molecule has 2 rings (SSSR count). The van der Waals surface area contributed by atoms with Crippen LogP contribution in [0.25, 0.3) is 0 Å². The largest absolute Gasteiger partial charge is 0.477 e. The summed E-state index contributed by atoms with van der Waals surface area (Å²) in [7, 11) is 0. The number of carboxylic acid groups (broad SMARTS) is 1. The summed E-state index contributed by atoms with van der Waals surface area (Å²) >= 11 is 4.81. The summed E-state index contributed by atoms with van der Waals surface area (Å²) in [6.07, 6.45) is 0. The minimum absolute atomic E-state index is 0.430. The van der Waals surface area contributed by atoms with Crippen molar-refractivity contribution in [2.45, 2.75) is 16.9 Å². The topological polar surface area (TPSA) is 37.3 Å². The zero-order chi connectivity index (χ0) is 11.5. The van der Waals surface area contributed by atoms with E-state index in [2.05, 4.69) is 6.07 Å². The van der Waals surface area contributed by atoms with Crippen LogP contribution < -0.4 is 0 Å². The third-order valence-electron chi connectivity index (χ3n) is 2.10. The van der Waals surface area contributed by atoms with Gasteiger partial charge in [-0.25, -0.2) is 4.79 Å². The maximum absolute atomic E-state index is 10.8. The number of aromatic carboxylic acids is 1. The fraction of sp³-hybridized carbons (Fsp3) is 0.182. The number of thiophene rings is 2. The van der Waals surface area contributed by atoms with Crippen molar-refractivity contribution in [2.24, 2.45) is 0 Å². The van der Waals surface area contributed by atoms with Gasteiger partial charge in [-0.3, -0.25) is 0 Å². The minimum atomic E-state index is -0.833. The number of rotatable bonds is 4. The molecule has 0 bridgehead atoms. The van der Waals surface area contributed by atoms with Crippen molar-refractivity contribution in [3.63, 3.8) is 0 Å². The Morgan fingerprint density at radius 1 is 1.56 bits per heavy atom. The standard InChI is InChI=1S/C11H10O2S3/c1-7-8(5-9(16-7)11(12)13)6-15-10-3-2-4-14-10/h2-5H,6H2,1H3,(H,12,13). The first-order chi connectivity index (χ1) is 7.66. The first kappa shape index (κ1) is 11.7. The summed E-state index contributed by atoms with van der Waals surface area (Å²) in [5, 5.41) is 10.9. The molecule has 0 atom stereocenters. The second-order valence-electron chi connectivity index (χ2n) is 3.22. The number of hydrogen-bond donors (Lipinski definition) is 1. The second-order valence-corrected chi connectivity index (χ2v) is 6.70. The highest BCUT2D eigenvalue weighted by molar-refractivity contribution is 8.00. The van der Waals surface area contributed by atoms with Gasteiger partial charge in [0.25, 0.3) is 0 Å². The molecule has 84 valence electrons. The molecule has 0 unspecified atom stereocenters. The summed E-state index contributed by atoms with van der Waals surface area (Å²) in [6, 6.07) is 5.88. The maximum Gasteiger partial charge on any atom is 0.345 e. The fourth-order valence-electron chi connectivity index (χ4n) is 1.26. The SMILES string of the molecule is Cc1sc(C(=O)O)cc1CSc1cccs1. The van der Waals surface area contributed by atoms with E-state index in [0.717, 1.165) is 16.2 Å². The molecule has 0 aromatic carbocycles. The molecule has 0 aliphatic heterocycles. The Hall–Kier alpha value is -0.780. The van der Waals surface area contributed by atoms with Gasteiger partial charge in [0, 0.05) is 10.6 Å². The predicted octanol–water partition coefficient (Wildman–Crippen LogP) is 4.11. The summed E-state index contributed by atoms with van der Waals surface area (Å²) in [6.45, 7) is 1.97. The van der Waals surface area contributed by atoms with Gasteiger partial charge in [0.1, 0.15) is 4.88 Å². The van der Waals surface area contributed by atoms with Gasteiger partial charge in [0.15, 0.2) is 0 Å². The van der Waals surface area contributed by atoms with Crippen molar-refractivity contribution in [3.8, 4) is 0 Å². The first-order valence-electron chi connectivity index (χ1n) is 4.65. The average Bonchev–Trinajstić information content (AvgIpc) is 2.84. The lowest BCUT2D eigenvalue weighted by Crippen LogP contribution is -1.90. The van der Waals surface area contributed by atoms with Gasteiger partial charge < -0.3 is 5.11 Å². The average molecular weight is 270 g/mol. The van der Waals surface area contributed by atoms with Crippen LogP contribution in [0.3, 0.4) is 0 Å². The van der Waals surface area contributed by atoms with Crippen molar-refractivity contribution >= 4 is 40.4 Å². The molecule has 0 radical (unpaired) electrons. The summed E-state index contributed by atoms with van der Waals surface area (Å²) in [4.78, 5) is 12.3. The minimum Gasteiger partial charge on any atom is -0.477 e. The van der Waals surface area contributed by atoms with Crippen LogP contribution in [0.15, 0.2) is 27.8 Å². The highest BCUT2D eigenvalue weighted by Gasteiger charge is 2.11. The number of aryl methyl sites for hydroxylation is 1. The van der Waals surface area contributed by atoms with Crippen LogP contribution in [0, 0.1) is 6.92 Å². The lowest BCUT2D eigenvalue weighted by Gasteiger charge is -1.97. The Morgan fingerprint density at radius 3 is 2.94 bits per heavy atom. The molecule has 2 heterocycles. The van der Waals surface area contributed by atoms with E-state index in [1.807, 2.05) is 18.4 Å². The van der Waals surface area contributed by atoms with Crippen LogP contribution in [0.4, 0.5) is 0 Å². The van der Waals surface area contributed by atoms with Gasteiger partial charge in [-0.05, 0) is 30.0 Å². The maximum atomic E-state index is 10.8. The quantitative estimate of drug-likeness (QED) is 0.850. The Morgan fingerprint density at radius 2 is 2.38 bits per heavy atom. The van der Waals surface area contributed by atoms with Crippen molar-refractivity contribution < 1.29 is 9.90 Å². The number of hydrogen-bond acceptors (Lipinski definition) is 4. The molecule has 0 saturated carbocycles. The van der Waals surface area contributed by atoms with Crippen molar-refractivity contribution in [1.82, 2.24) is 0 Å². The number of carboxylic acids is 1. The van der Waals surface area contributed by atoms with Gasteiger partial charge in [0.05, 0.1) is 4.21 Å².